The van der Waals surface area contributed by atoms with E-state index in [1.54, 1.807) is 0 Å². The van der Waals surface area contributed by atoms with Crippen LogP contribution in [0, 0.1) is 6.92 Å². The summed E-state index contributed by atoms with van der Waals surface area (Å²) in [5, 5.41) is 12.5. The molecule has 0 aliphatic carbocycles. The Hall–Kier alpha value is -3.10. The molecule has 1 unspecified atom stereocenters. The minimum atomic E-state index is -0.113. The van der Waals surface area contributed by atoms with Gasteiger partial charge in [0, 0.05) is 31.7 Å². The fourth-order valence-corrected chi connectivity index (χ4v) is 4.87. The van der Waals surface area contributed by atoms with Crippen LogP contribution in [0.25, 0.3) is 10.6 Å². The minimum Gasteiger partial charge on any atom is -0.340 e. The molecule has 8 heteroatoms. The Morgan fingerprint density at radius 2 is 1.79 bits per heavy atom. The van der Waals surface area contributed by atoms with E-state index >= 15 is 0 Å². The van der Waals surface area contributed by atoms with E-state index in [-0.39, 0.29) is 24.3 Å². The number of anilines is 1. The maximum absolute atomic E-state index is 13.1. The lowest BCUT2D eigenvalue weighted by Crippen LogP contribution is -2.51. The summed E-state index contributed by atoms with van der Waals surface area (Å²) in [5.74, 6) is -0.0520. The zero-order valence-electron chi connectivity index (χ0n) is 19.0. The van der Waals surface area contributed by atoms with Crippen molar-refractivity contribution < 1.29 is 9.59 Å². The summed E-state index contributed by atoms with van der Waals surface area (Å²) < 4.78 is 0. The fraction of sp³-hybridized carbons (Fsp3) is 0.360. The average molecular weight is 464 g/mol. The molecule has 0 spiro atoms. The van der Waals surface area contributed by atoms with Crippen LogP contribution in [-0.2, 0) is 9.59 Å². The van der Waals surface area contributed by atoms with Gasteiger partial charge in [-0.05, 0) is 25.0 Å². The summed E-state index contributed by atoms with van der Waals surface area (Å²) in [7, 11) is 0. The molecule has 172 valence electrons. The molecule has 1 atom stereocenters. The predicted octanol–water partition coefficient (Wildman–Crippen LogP) is 3.79. The Kier molecular flexibility index (Phi) is 7.47. The first-order valence-electron chi connectivity index (χ1n) is 11.3. The molecule has 2 heterocycles. The van der Waals surface area contributed by atoms with Crippen molar-refractivity contribution in [1.29, 1.82) is 0 Å². The lowest BCUT2D eigenvalue weighted by Gasteiger charge is -2.36. The Morgan fingerprint density at radius 3 is 2.48 bits per heavy atom. The number of hydrogen-bond donors (Lipinski definition) is 1. The van der Waals surface area contributed by atoms with Crippen LogP contribution >= 0.6 is 11.3 Å². The number of aromatic nitrogens is 2. The number of nitrogens with zero attached hydrogens (tertiary/aromatic N) is 4. The van der Waals surface area contributed by atoms with Crippen molar-refractivity contribution in [2.24, 2.45) is 0 Å². The topological polar surface area (TPSA) is 78.4 Å². The van der Waals surface area contributed by atoms with Crippen LogP contribution in [0.4, 0.5) is 5.13 Å². The molecule has 1 aliphatic rings. The van der Waals surface area contributed by atoms with Crippen molar-refractivity contribution in [3.8, 4) is 10.6 Å². The van der Waals surface area contributed by atoms with Gasteiger partial charge < -0.3 is 4.90 Å². The van der Waals surface area contributed by atoms with Gasteiger partial charge in [-0.3, -0.25) is 19.8 Å². The van der Waals surface area contributed by atoms with Crippen LogP contribution in [-0.4, -0.2) is 64.5 Å². The van der Waals surface area contributed by atoms with E-state index in [0.29, 0.717) is 31.3 Å². The summed E-state index contributed by atoms with van der Waals surface area (Å²) in [5.41, 5.74) is 3.21. The Labute approximate surface area is 198 Å². The standard InChI is InChI=1S/C25H29N5O2S/c1-3-21(19-9-5-4-6-10-19)24(32)30-14-12-29(13-15-30)17-22(31)26-25-28-27-23(33-25)20-11-7-8-18(2)16-20/h4-11,16,21H,3,12-15,17H2,1-2H3,(H,26,28,31). The first-order chi connectivity index (χ1) is 16.0. The summed E-state index contributed by atoms with van der Waals surface area (Å²) in [4.78, 5) is 29.6. The van der Waals surface area contributed by atoms with E-state index in [1.165, 1.54) is 11.3 Å². The predicted molar refractivity (Wildman–Crippen MR) is 131 cm³/mol. The van der Waals surface area contributed by atoms with E-state index in [2.05, 4.69) is 20.4 Å². The maximum Gasteiger partial charge on any atom is 0.240 e. The van der Waals surface area contributed by atoms with Crippen LogP contribution < -0.4 is 5.32 Å². The van der Waals surface area contributed by atoms with Crippen molar-refractivity contribution in [3.63, 3.8) is 0 Å². The SMILES string of the molecule is CCC(C(=O)N1CCN(CC(=O)Nc2nnc(-c3cccc(C)c3)s2)CC1)c1ccccc1. The molecule has 2 aromatic carbocycles. The molecule has 3 aromatic rings. The van der Waals surface area contributed by atoms with Gasteiger partial charge in [-0.1, -0.05) is 72.4 Å². The van der Waals surface area contributed by atoms with Gasteiger partial charge >= 0.3 is 0 Å². The Balaban J connectivity index is 1.27. The zero-order valence-corrected chi connectivity index (χ0v) is 19.8. The molecule has 1 fully saturated rings. The third kappa shape index (κ3) is 5.83. The molecule has 33 heavy (non-hydrogen) atoms. The van der Waals surface area contributed by atoms with E-state index in [4.69, 9.17) is 0 Å². The molecule has 1 saturated heterocycles. The Morgan fingerprint density at radius 1 is 1.03 bits per heavy atom. The highest BCUT2D eigenvalue weighted by atomic mass is 32.1. The second-order valence-corrected chi connectivity index (χ2v) is 9.28. The summed E-state index contributed by atoms with van der Waals surface area (Å²) in [6, 6.07) is 18.0. The van der Waals surface area contributed by atoms with Gasteiger partial charge in [-0.2, -0.15) is 0 Å². The number of amides is 2. The van der Waals surface area contributed by atoms with Crippen molar-refractivity contribution in [2.45, 2.75) is 26.2 Å². The van der Waals surface area contributed by atoms with E-state index < -0.39 is 0 Å². The second-order valence-electron chi connectivity index (χ2n) is 8.30. The fourth-order valence-electron chi connectivity index (χ4n) is 4.12. The molecule has 1 aliphatic heterocycles. The summed E-state index contributed by atoms with van der Waals surface area (Å²) >= 11 is 1.37. The molecular weight excluding hydrogens is 434 g/mol. The normalized spacial score (nSPS) is 15.3. The molecule has 4 rings (SSSR count). The number of piperazine rings is 1. The molecule has 7 nitrogen and oxygen atoms in total. The number of hydrogen-bond acceptors (Lipinski definition) is 6. The molecule has 0 bridgehead atoms. The summed E-state index contributed by atoms with van der Waals surface area (Å²) in [6.07, 6.45) is 0.776. The first-order valence-corrected chi connectivity index (χ1v) is 12.1. The van der Waals surface area contributed by atoms with Crippen molar-refractivity contribution in [2.75, 3.05) is 38.0 Å². The largest absolute Gasteiger partial charge is 0.340 e. The molecule has 0 radical (unpaired) electrons. The van der Waals surface area contributed by atoms with E-state index in [1.807, 2.05) is 73.3 Å². The number of aryl methyl sites for hydroxylation is 1. The Bertz CT molecular complexity index is 1090. The molecular formula is C25H29N5O2S. The second kappa shape index (κ2) is 10.7. The number of nitrogens with one attached hydrogen (secondary N) is 1. The van der Waals surface area contributed by atoms with Crippen LogP contribution in [0.1, 0.15) is 30.4 Å². The first kappa shape index (κ1) is 23.1. The highest BCUT2D eigenvalue weighted by Gasteiger charge is 2.28. The van der Waals surface area contributed by atoms with Gasteiger partial charge in [0.05, 0.1) is 12.5 Å². The van der Waals surface area contributed by atoms with Crippen LogP contribution in [0.3, 0.4) is 0 Å². The van der Waals surface area contributed by atoms with Crippen molar-refractivity contribution in [1.82, 2.24) is 20.0 Å². The summed E-state index contributed by atoms with van der Waals surface area (Å²) in [6.45, 7) is 6.97. The number of rotatable bonds is 7. The molecule has 2 amide bonds. The van der Waals surface area contributed by atoms with Gasteiger partial charge in [0.25, 0.3) is 0 Å². The number of benzene rings is 2. The van der Waals surface area contributed by atoms with Crippen LogP contribution in [0.2, 0.25) is 0 Å². The van der Waals surface area contributed by atoms with Gasteiger partial charge in [-0.25, -0.2) is 0 Å². The third-order valence-electron chi connectivity index (χ3n) is 5.90. The quantitative estimate of drug-likeness (QED) is 0.577. The van der Waals surface area contributed by atoms with Gasteiger partial charge in [0.15, 0.2) is 0 Å². The van der Waals surface area contributed by atoms with Crippen molar-refractivity contribution >= 4 is 28.3 Å². The maximum atomic E-state index is 13.1. The minimum absolute atomic E-state index is 0.110. The average Bonchev–Trinajstić information content (AvgIpc) is 3.29. The molecule has 1 N–H and O–H groups in total. The monoisotopic (exact) mass is 463 g/mol. The van der Waals surface area contributed by atoms with Crippen LogP contribution in [0.15, 0.2) is 54.6 Å². The molecule has 1 aromatic heterocycles. The third-order valence-corrected chi connectivity index (χ3v) is 6.78. The number of carbonyl (C=O) groups excluding carboxylic acids is 2. The van der Waals surface area contributed by atoms with Gasteiger partial charge in [0.1, 0.15) is 5.01 Å². The number of carbonyl (C=O) groups is 2. The highest BCUT2D eigenvalue weighted by molar-refractivity contribution is 7.18. The molecule has 0 saturated carbocycles. The van der Waals surface area contributed by atoms with E-state index in [9.17, 15) is 9.59 Å². The van der Waals surface area contributed by atoms with Gasteiger partial charge in [0.2, 0.25) is 16.9 Å². The highest BCUT2D eigenvalue weighted by Crippen LogP contribution is 2.27. The smallest absolute Gasteiger partial charge is 0.240 e. The van der Waals surface area contributed by atoms with Crippen LogP contribution in [0.5, 0.6) is 0 Å². The van der Waals surface area contributed by atoms with Gasteiger partial charge in [-0.15, -0.1) is 10.2 Å². The zero-order chi connectivity index (χ0) is 23.2. The lowest BCUT2D eigenvalue weighted by atomic mass is 9.95. The van der Waals surface area contributed by atoms with E-state index in [0.717, 1.165) is 28.1 Å². The van der Waals surface area contributed by atoms with Crippen molar-refractivity contribution in [3.05, 3.63) is 65.7 Å². The lowest BCUT2D eigenvalue weighted by molar-refractivity contribution is -0.134.